The highest BCUT2D eigenvalue weighted by molar-refractivity contribution is 7.09. The van der Waals surface area contributed by atoms with Gasteiger partial charge in [-0.05, 0) is 84.5 Å². The van der Waals surface area contributed by atoms with Crippen LogP contribution >= 0.6 is 11.3 Å². The Labute approximate surface area is 211 Å². The van der Waals surface area contributed by atoms with E-state index in [0.29, 0.717) is 13.1 Å². The number of benzene rings is 1. The average molecular weight is 493 g/mol. The Balaban J connectivity index is 1.81. The van der Waals surface area contributed by atoms with Crippen LogP contribution in [-0.2, 0) is 18.6 Å². The first-order chi connectivity index (χ1) is 16.6. The first kappa shape index (κ1) is 25.3. The number of H-pyrrole nitrogens is 1. The van der Waals surface area contributed by atoms with Crippen LogP contribution in [0.3, 0.4) is 0 Å². The van der Waals surface area contributed by atoms with Crippen LogP contribution in [0.15, 0.2) is 40.5 Å². The molecule has 0 fully saturated rings. The molecule has 4 rings (SSSR count). The SMILES string of the molecule is CCC(C)(C)n1nnnc1C(C(C)C)N(Cc1cccs1)Cc1cc2ccc(C)c(C)c2[nH]c1=O. The van der Waals surface area contributed by atoms with E-state index in [4.69, 9.17) is 0 Å². The van der Waals surface area contributed by atoms with E-state index >= 15 is 0 Å². The third kappa shape index (κ3) is 5.09. The number of thiophene rings is 1. The largest absolute Gasteiger partial charge is 0.321 e. The summed E-state index contributed by atoms with van der Waals surface area (Å²) in [6.07, 6.45) is 0.907. The van der Waals surface area contributed by atoms with Crippen LogP contribution in [0.2, 0.25) is 0 Å². The molecule has 0 saturated carbocycles. The molecule has 186 valence electrons. The quantitative estimate of drug-likeness (QED) is 0.322. The Morgan fingerprint density at radius 1 is 1.17 bits per heavy atom. The summed E-state index contributed by atoms with van der Waals surface area (Å²) in [7, 11) is 0. The van der Waals surface area contributed by atoms with E-state index in [2.05, 4.69) is 104 Å². The Morgan fingerprint density at radius 3 is 2.60 bits per heavy atom. The predicted molar refractivity (Wildman–Crippen MR) is 143 cm³/mol. The molecule has 0 amide bonds. The van der Waals surface area contributed by atoms with Crippen LogP contribution in [0, 0.1) is 19.8 Å². The monoisotopic (exact) mass is 492 g/mol. The number of rotatable bonds is 9. The zero-order valence-corrected chi connectivity index (χ0v) is 22.6. The van der Waals surface area contributed by atoms with Gasteiger partial charge in [-0.25, -0.2) is 4.68 Å². The van der Waals surface area contributed by atoms with Crippen molar-refractivity contribution in [2.24, 2.45) is 5.92 Å². The average Bonchev–Trinajstić information content (AvgIpc) is 3.50. The molecule has 8 heteroatoms. The Kier molecular flexibility index (Phi) is 7.24. The molecule has 35 heavy (non-hydrogen) atoms. The summed E-state index contributed by atoms with van der Waals surface area (Å²) in [5.41, 5.74) is 3.69. The second-order valence-corrected chi connectivity index (χ2v) is 11.4. The molecule has 7 nitrogen and oxygen atoms in total. The summed E-state index contributed by atoms with van der Waals surface area (Å²) in [5, 5.41) is 16.1. The number of hydrogen-bond donors (Lipinski definition) is 1. The molecule has 0 radical (unpaired) electrons. The number of hydrogen-bond acceptors (Lipinski definition) is 6. The number of nitrogens with one attached hydrogen (secondary N) is 1. The van der Waals surface area contributed by atoms with Crippen molar-refractivity contribution in [3.8, 4) is 0 Å². The maximum absolute atomic E-state index is 13.3. The highest BCUT2D eigenvalue weighted by atomic mass is 32.1. The fourth-order valence-electron chi connectivity index (χ4n) is 4.60. The third-order valence-corrected chi connectivity index (χ3v) is 8.02. The molecule has 3 heterocycles. The Hall–Kier alpha value is -2.84. The molecule has 3 aromatic heterocycles. The van der Waals surface area contributed by atoms with Crippen LogP contribution < -0.4 is 5.56 Å². The van der Waals surface area contributed by atoms with Crippen molar-refractivity contribution in [2.75, 3.05) is 0 Å². The second kappa shape index (κ2) is 10.0. The van der Waals surface area contributed by atoms with Crippen molar-refractivity contribution >= 4 is 22.2 Å². The van der Waals surface area contributed by atoms with Gasteiger partial charge in [0.15, 0.2) is 5.82 Å². The Morgan fingerprint density at radius 2 is 1.94 bits per heavy atom. The number of aromatic nitrogens is 5. The third-order valence-electron chi connectivity index (χ3n) is 7.16. The van der Waals surface area contributed by atoms with Gasteiger partial charge in [0.25, 0.3) is 5.56 Å². The fourth-order valence-corrected chi connectivity index (χ4v) is 5.33. The minimum Gasteiger partial charge on any atom is -0.321 e. The van der Waals surface area contributed by atoms with Gasteiger partial charge >= 0.3 is 0 Å². The number of pyridine rings is 1. The molecule has 1 unspecified atom stereocenters. The van der Waals surface area contributed by atoms with Crippen molar-refractivity contribution in [2.45, 2.75) is 79.6 Å². The zero-order chi connectivity index (χ0) is 25.3. The molecule has 1 aromatic carbocycles. The van der Waals surface area contributed by atoms with Gasteiger partial charge in [0.1, 0.15) is 0 Å². The summed E-state index contributed by atoms with van der Waals surface area (Å²) >= 11 is 1.73. The minimum absolute atomic E-state index is 0.0432. The fraction of sp³-hybridized carbons (Fsp3) is 0.481. The van der Waals surface area contributed by atoms with Gasteiger partial charge in [0, 0.05) is 23.5 Å². The molecule has 0 aliphatic heterocycles. The molecular weight excluding hydrogens is 456 g/mol. The number of aromatic amines is 1. The smallest absolute Gasteiger partial charge is 0.252 e. The molecule has 1 atom stereocenters. The molecule has 4 aromatic rings. The van der Waals surface area contributed by atoms with Crippen LogP contribution in [0.4, 0.5) is 0 Å². The van der Waals surface area contributed by atoms with Crippen LogP contribution in [0.1, 0.15) is 74.5 Å². The number of tetrazole rings is 1. The van der Waals surface area contributed by atoms with Crippen molar-refractivity contribution in [1.82, 2.24) is 30.1 Å². The predicted octanol–water partition coefficient (Wildman–Crippen LogP) is 5.74. The summed E-state index contributed by atoms with van der Waals surface area (Å²) in [4.78, 5) is 20.0. The second-order valence-electron chi connectivity index (χ2n) is 10.4. The standard InChI is InChI=1S/C27H36N6OS/c1-8-27(6,7)33-25(29-30-31-33)24(17(2)3)32(16-22-10-9-13-35-22)15-21-14-20-12-11-18(4)19(5)23(20)28-26(21)34/h9-14,17,24H,8,15-16H2,1-7H3,(H,28,34). The van der Waals surface area contributed by atoms with Gasteiger partial charge in [0.2, 0.25) is 0 Å². The maximum atomic E-state index is 13.3. The van der Waals surface area contributed by atoms with Gasteiger partial charge in [0.05, 0.1) is 17.1 Å². The number of fused-ring (bicyclic) bond motifs is 1. The van der Waals surface area contributed by atoms with Gasteiger partial charge in [-0.15, -0.1) is 16.4 Å². The van der Waals surface area contributed by atoms with Crippen LogP contribution in [0.25, 0.3) is 10.9 Å². The lowest BCUT2D eigenvalue weighted by Crippen LogP contribution is -2.38. The minimum atomic E-state index is -0.212. The Bertz CT molecular complexity index is 1350. The van der Waals surface area contributed by atoms with Crippen molar-refractivity contribution in [3.63, 3.8) is 0 Å². The molecule has 0 aliphatic rings. The van der Waals surface area contributed by atoms with Gasteiger partial charge in [-0.1, -0.05) is 39.0 Å². The lowest BCUT2D eigenvalue weighted by molar-refractivity contribution is 0.119. The molecular formula is C27H36N6OS. The first-order valence-corrected chi connectivity index (χ1v) is 13.2. The summed E-state index contributed by atoms with van der Waals surface area (Å²) < 4.78 is 1.97. The highest BCUT2D eigenvalue weighted by Crippen LogP contribution is 2.33. The lowest BCUT2D eigenvalue weighted by Gasteiger charge is -2.35. The van der Waals surface area contributed by atoms with Gasteiger partial charge in [-0.3, -0.25) is 9.69 Å². The maximum Gasteiger partial charge on any atom is 0.252 e. The number of aryl methyl sites for hydroxylation is 2. The molecule has 0 saturated heterocycles. The highest BCUT2D eigenvalue weighted by Gasteiger charge is 2.34. The topological polar surface area (TPSA) is 79.7 Å². The summed E-state index contributed by atoms with van der Waals surface area (Å²) in [5.74, 6) is 1.07. The normalized spacial score (nSPS) is 13.3. The summed E-state index contributed by atoms with van der Waals surface area (Å²) in [6, 6.07) is 10.4. The zero-order valence-electron chi connectivity index (χ0n) is 21.8. The number of nitrogens with zero attached hydrogens (tertiary/aromatic N) is 5. The van der Waals surface area contributed by atoms with Crippen molar-refractivity contribution < 1.29 is 0 Å². The van der Waals surface area contributed by atoms with E-state index in [0.717, 1.165) is 34.3 Å². The van der Waals surface area contributed by atoms with Gasteiger partial charge in [-0.2, -0.15) is 0 Å². The first-order valence-electron chi connectivity index (χ1n) is 12.3. The van der Waals surface area contributed by atoms with E-state index in [9.17, 15) is 4.79 Å². The van der Waals surface area contributed by atoms with E-state index in [-0.39, 0.29) is 23.1 Å². The van der Waals surface area contributed by atoms with E-state index in [1.807, 2.05) is 10.7 Å². The van der Waals surface area contributed by atoms with E-state index in [1.54, 1.807) is 11.3 Å². The van der Waals surface area contributed by atoms with Crippen molar-refractivity contribution in [3.05, 3.63) is 73.5 Å². The molecule has 0 bridgehead atoms. The summed E-state index contributed by atoms with van der Waals surface area (Å²) in [6.45, 7) is 16.2. The van der Waals surface area contributed by atoms with Crippen LogP contribution in [-0.4, -0.2) is 30.1 Å². The molecule has 0 aliphatic carbocycles. The van der Waals surface area contributed by atoms with Crippen molar-refractivity contribution in [1.29, 1.82) is 0 Å². The molecule has 0 spiro atoms. The lowest BCUT2D eigenvalue weighted by atomic mass is 9.97. The molecule has 1 N–H and O–H groups in total. The van der Waals surface area contributed by atoms with Crippen LogP contribution in [0.5, 0.6) is 0 Å². The van der Waals surface area contributed by atoms with E-state index < -0.39 is 0 Å². The van der Waals surface area contributed by atoms with E-state index in [1.165, 1.54) is 10.4 Å². The van der Waals surface area contributed by atoms with Gasteiger partial charge < -0.3 is 4.98 Å².